The number of rotatable bonds is 4. The highest BCUT2D eigenvalue weighted by Crippen LogP contribution is 2.30. The predicted molar refractivity (Wildman–Crippen MR) is 67.6 cm³/mol. The van der Waals surface area contributed by atoms with Gasteiger partial charge in [0.15, 0.2) is 0 Å². The van der Waals surface area contributed by atoms with Gasteiger partial charge in [-0.2, -0.15) is 13.2 Å². The average molecular weight is 293 g/mol. The zero-order valence-electron chi connectivity index (χ0n) is 10.5. The third kappa shape index (κ3) is 3.99. The largest absolute Gasteiger partial charge is 0.501 e. The summed E-state index contributed by atoms with van der Waals surface area (Å²) < 4.78 is 59.1. The molecule has 0 aliphatic rings. The van der Waals surface area contributed by atoms with E-state index in [4.69, 9.17) is 0 Å². The fraction of sp³-hybridized carbons (Fsp3) is 0.333. The number of sulfone groups is 1. The van der Waals surface area contributed by atoms with Gasteiger partial charge in [-0.05, 0) is 38.1 Å². The lowest BCUT2D eigenvalue weighted by Crippen LogP contribution is -2.23. The molecule has 19 heavy (non-hydrogen) atoms. The number of allylic oxidation sites excluding steroid dienone is 1. The van der Waals surface area contributed by atoms with Crippen LogP contribution in [0.25, 0.3) is 0 Å². The molecule has 0 fully saturated rings. The molecule has 0 saturated carbocycles. The molecule has 0 radical (unpaired) electrons. The van der Waals surface area contributed by atoms with Crippen LogP contribution in [-0.4, -0.2) is 20.5 Å². The molecule has 0 atom stereocenters. The molecule has 0 saturated heterocycles. The topological polar surface area (TPSA) is 46.2 Å². The van der Waals surface area contributed by atoms with Crippen LogP contribution in [0.1, 0.15) is 13.8 Å². The van der Waals surface area contributed by atoms with Gasteiger partial charge in [0.1, 0.15) is 0 Å². The Morgan fingerprint density at radius 1 is 1.21 bits per heavy atom. The lowest BCUT2D eigenvalue weighted by atomic mass is 10.3. The van der Waals surface area contributed by atoms with E-state index in [1.54, 1.807) is 0 Å². The molecule has 1 N–H and O–H groups in total. The Labute approximate surface area is 110 Å². The van der Waals surface area contributed by atoms with Crippen LogP contribution in [0, 0.1) is 0 Å². The van der Waals surface area contributed by atoms with Gasteiger partial charge in [-0.3, -0.25) is 0 Å². The molecule has 0 aliphatic carbocycles. The maximum Gasteiger partial charge on any atom is 0.501 e. The molecule has 0 bridgehead atoms. The standard InChI is InChI=1S/C12H14F3NO2S/c1-9(2)7-8-16-10-3-5-11(6-4-10)19(17,18)12(13,14)15/h3-7,16H,8H2,1-2H3. The summed E-state index contributed by atoms with van der Waals surface area (Å²) >= 11 is 0. The van der Waals surface area contributed by atoms with Crippen LogP contribution < -0.4 is 5.32 Å². The van der Waals surface area contributed by atoms with Crippen molar-refractivity contribution in [3.63, 3.8) is 0 Å². The van der Waals surface area contributed by atoms with Crippen LogP contribution in [0.4, 0.5) is 18.9 Å². The summed E-state index contributed by atoms with van der Waals surface area (Å²) in [5.41, 5.74) is -3.62. The Morgan fingerprint density at radius 3 is 2.16 bits per heavy atom. The first-order valence-corrected chi connectivity index (χ1v) is 6.91. The van der Waals surface area contributed by atoms with E-state index in [2.05, 4.69) is 5.32 Å². The highest BCUT2D eigenvalue weighted by atomic mass is 32.2. The summed E-state index contributed by atoms with van der Waals surface area (Å²) in [5.74, 6) is 0. The third-order valence-electron chi connectivity index (χ3n) is 2.29. The van der Waals surface area contributed by atoms with E-state index in [-0.39, 0.29) is 0 Å². The molecule has 0 spiro atoms. The second-order valence-electron chi connectivity index (χ2n) is 4.14. The van der Waals surface area contributed by atoms with Crippen molar-refractivity contribution in [1.82, 2.24) is 0 Å². The fourth-order valence-electron chi connectivity index (χ4n) is 1.26. The van der Waals surface area contributed by atoms with Crippen LogP contribution in [0.3, 0.4) is 0 Å². The normalized spacial score (nSPS) is 12.1. The molecule has 0 aliphatic heterocycles. The second-order valence-corrected chi connectivity index (χ2v) is 6.08. The summed E-state index contributed by atoms with van der Waals surface area (Å²) in [6.45, 7) is 4.36. The van der Waals surface area contributed by atoms with Gasteiger partial charge in [-0.1, -0.05) is 11.6 Å². The number of anilines is 1. The van der Waals surface area contributed by atoms with E-state index in [1.807, 2.05) is 19.9 Å². The van der Waals surface area contributed by atoms with Gasteiger partial charge >= 0.3 is 5.51 Å². The zero-order valence-corrected chi connectivity index (χ0v) is 11.3. The maximum absolute atomic E-state index is 12.3. The minimum atomic E-state index is -5.27. The van der Waals surface area contributed by atoms with Crippen LogP contribution in [0.15, 0.2) is 40.8 Å². The Morgan fingerprint density at radius 2 is 1.74 bits per heavy atom. The van der Waals surface area contributed by atoms with Gasteiger partial charge < -0.3 is 5.32 Å². The fourth-order valence-corrected chi connectivity index (χ4v) is 2.02. The molecule has 1 aromatic carbocycles. The van der Waals surface area contributed by atoms with Crippen molar-refractivity contribution < 1.29 is 21.6 Å². The molecule has 0 aromatic heterocycles. The summed E-state index contributed by atoms with van der Waals surface area (Å²) in [6, 6.07) is 4.48. The van der Waals surface area contributed by atoms with Gasteiger partial charge in [0.2, 0.25) is 0 Å². The first-order chi connectivity index (χ1) is 8.64. The number of alkyl halides is 3. The number of hydrogen-bond donors (Lipinski definition) is 1. The first-order valence-electron chi connectivity index (χ1n) is 5.43. The van der Waals surface area contributed by atoms with Gasteiger partial charge in [0, 0.05) is 12.2 Å². The highest BCUT2D eigenvalue weighted by molar-refractivity contribution is 7.92. The van der Waals surface area contributed by atoms with Crippen molar-refractivity contribution in [3.8, 4) is 0 Å². The van der Waals surface area contributed by atoms with Crippen molar-refractivity contribution in [3.05, 3.63) is 35.9 Å². The Bertz CT molecular complexity index is 556. The van der Waals surface area contributed by atoms with E-state index in [0.717, 1.165) is 17.7 Å². The van der Waals surface area contributed by atoms with Crippen molar-refractivity contribution in [2.45, 2.75) is 24.3 Å². The number of benzene rings is 1. The summed E-state index contributed by atoms with van der Waals surface area (Å²) in [5, 5.41) is 2.94. The Hall–Kier alpha value is -1.50. The van der Waals surface area contributed by atoms with Crippen LogP contribution in [0.5, 0.6) is 0 Å². The van der Waals surface area contributed by atoms with Gasteiger partial charge in [0.05, 0.1) is 4.90 Å². The second kappa shape index (κ2) is 5.64. The molecule has 0 unspecified atom stereocenters. The van der Waals surface area contributed by atoms with E-state index >= 15 is 0 Å². The van der Waals surface area contributed by atoms with Gasteiger partial charge in [0.25, 0.3) is 9.84 Å². The van der Waals surface area contributed by atoms with Crippen molar-refractivity contribution in [1.29, 1.82) is 0 Å². The molecule has 0 amide bonds. The molecule has 7 heteroatoms. The van der Waals surface area contributed by atoms with E-state index in [0.29, 0.717) is 12.2 Å². The number of hydrogen-bond acceptors (Lipinski definition) is 3. The number of halogens is 3. The van der Waals surface area contributed by atoms with Crippen LogP contribution in [0.2, 0.25) is 0 Å². The molecular formula is C12H14F3NO2S. The van der Waals surface area contributed by atoms with Gasteiger partial charge in [-0.25, -0.2) is 8.42 Å². The highest BCUT2D eigenvalue weighted by Gasteiger charge is 2.46. The summed E-state index contributed by atoms with van der Waals surface area (Å²) in [6.07, 6.45) is 1.90. The van der Waals surface area contributed by atoms with Gasteiger partial charge in [-0.15, -0.1) is 0 Å². The zero-order chi connectivity index (χ0) is 14.7. The van der Waals surface area contributed by atoms with E-state index < -0.39 is 20.2 Å². The van der Waals surface area contributed by atoms with Crippen molar-refractivity contribution in [2.24, 2.45) is 0 Å². The first kappa shape index (κ1) is 15.6. The van der Waals surface area contributed by atoms with Crippen molar-refractivity contribution in [2.75, 3.05) is 11.9 Å². The molecule has 1 aromatic rings. The SMILES string of the molecule is CC(C)=CCNc1ccc(S(=O)(=O)C(F)(F)F)cc1. The average Bonchev–Trinajstić information content (AvgIpc) is 2.27. The van der Waals surface area contributed by atoms with Crippen LogP contribution >= 0.6 is 0 Å². The lowest BCUT2D eigenvalue weighted by molar-refractivity contribution is -0.0436. The molecule has 106 valence electrons. The van der Waals surface area contributed by atoms with E-state index in [1.165, 1.54) is 12.1 Å². The lowest BCUT2D eigenvalue weighted by Gasteiger charge is -2.09. The number of nitrogens with one attached hydrogen (secondary N) is 1. The van der Waals surface area contributed by atoms with Crippen LogP contribution in [-0.2, 0) is 9.84 Å². The van der Waals surface area contributed by atoms with E-state index in [9.17, 15) is 21.6 Å². The Kier molecular flexibility index (Phi) is 4.62. The van der Waals surface area contributed by atoms with Crippen molar-refractivity contribution >= 4 is 15.5 Å². The minimum absolute atomic E-state index is 0.522. The molecule has 3 nitrogen and oxygen atoms in total. The predicted octanol–water partition coefficient (Wildman–Crippen LogP) is 3.36. The molecule has 1 rings (SSSR count). The minimum Gasteiger partial charge on any atom is -0.382 e. The molecular weight excluding hydrogens is 279 g/mol. The third-order valence-corrected chi connectivity index (χ3v) is 3.79. The maximum atomic E-state index is 12.3. The monoisotopic (exact) mass is 293 g/mol. The smallest absolute Gasteiger partial charge is 0.382 e. The summed E-state index contributed by atoms with van der Waals surface area (Å²) in [4.78, 5) is -0.757. The quantitative estimate of drug-likeness (QED) is 0.866. The molecule has 0 heterocycles. The summed E-state index contributed by atoms with van der Waals surface area (Å²) in [7, 11) is -5.27. The Balaban J connectivity index is 2.86.